The number of nitriles is 1. The highest BCUT2D eigenvalue weighted by Crippen LogP contribution is 2.30. The molecule has 1 unspecified atom stereocenters. The normalized spacial score (nSPS) is 17.7. The minimum absolute atomic E-state index is 0.0224. The first-order valence-corrected chi connectivity index (χ1v) is 14.2. The molecule has 2 heterocycles. The molecule has 38 heavy (non-hydrogen) atoms. The van der Waals surface area contributed by atoms with Crippen LogP contribution in [0.3, 0.4) is 0 Å². The maximum Gasteiger partial charge on any atom is 0.250 e. The molecule has 0 spiro atoms. The fourth-order valence-corrected chi connectivity index (χ4v) is 5.36. The Morgan fingerprint density at radius 3 is 2.55 bits per heavy atom. The molecule has 2 aromatic carbocycles. The van der Waals surface area contributed by atoms with Gasteiger partial charge in [-0.05, 0) is 55.0 Å². The van der Waals surface area contributed by atoms with Gasteiger partial charge in [-0.25, -0.2) is 17.5 Å². The summed E-state index contributed by atoms with van der Waals surface area (Å²) >= 11 is 0. The second kappa shape index (κ2) is 10.4. The molecule has 0 saturated heterocycles. The van der Waals surface area contributed by atoms with Gasteiger partial charge in [-0.2, -0.15) is 14.4 Å². The van der Waals surface area contributed by atoms with Gasteiger partial charge < -0.3 is 11.1 Å². The molecule has 1 saturated carbocycles. The lowest BCUT2D eigenvalue weighted by molar-refractivity contribution is 0.335. The number of rotatable bonds is 7. The number of nitrogens with one attached hydrogen (secondary N) is 1. The van der Waals surface area contributed by atoms with Crippen molar-refractivity contribution in [3.63, 3.8) is 0 Å². The maximum absolute atomic E-state index is 14.5. The Bertz CT molecular complexity index is 1600. The van der Waals surface area contributed by atoms with E-state index in [1.54, 1.807) is 10.7 Å². The van der Waals surface area contributed by atoms with Gasteiger partial charge in [0.15, 0.2) is 0 Å². The number of hydrogen-bond donors (Lipinski definition) is 2. The molecule has 0 aliphatic heterocycles. The number of halogens is 1. The van der Waals surface area contributed by atoms with Crippen molar-refractivity contribution in [1.82, 2.24) is 19.0 Å². The molecule has 0 amide bonds. The lowest BCUT2D eigenvalue weighted by Gasteiger charge is -2.26. The van der Waals surface area contributed by atoms with E-state index in [1.165, 1.54) is 24.5 Å². The maximum atomic E-state index is 14.5. The van der Waals surface area contributed by atoms with Crippen molar-refractivity contribution >= 4 is 15.8 Å². The zero-order valence-electron chi connectivity index (χ0n) is 20.9. The minimum atomic E-state index is -3.47. The van der Waals surface area contributed by atoms with Gasteiger partial charge in [-0.15, -0.1) is 5.10 Å². The Kier molecular flexibility index (Phi) is 7.01. The molecule has 2 atom stereocenters. The standard InChI is InChI=1S/C27H28FN7O2S/c1-38(36,37)34-17-22(16-32-34)19-7-9-24(10-8-19)35-26(20-5-6-21(14-29)25(28)12-20)13-27(33-35)31-15-18-3-2-4-23(30)11-18/h5-10,12-13,16-18,23H,2-4,11,15,30H2,1H3,(H,31,33)/t18?,23-/m0/s1. The minimum Gasteiger partial charge on any atom is -0.368 e. The molecule has 0 radical (unpaired) electrons. The molecule has 1 fully saturated rings. The third kappa shape index (κ3) is 5.46. The summed E-state index contributed by atoms with van der Waals surface area (Å²) in [5.74, 6) is 0.524. The summed E-state index contributed by atoms with van der Waals surface area (Å²) < 4.78 is 40.7. The van der Waals surface area contributed by atoms with Crippen LogP contribution in [-0.2, 0) is 10.0 Å². The number of nitrogens with zero attached hydrogens (tertiary/aromatic N) is 5. The Morgan fingerprint density at radius 1 is 1.13 bits per heavy atom. The van der Waals surface area contributed by atoms with Crippen LogP contribution in [0.5, 0.6) is 0 Å². The van der Waals surface area contributed by atoms with Gasteiger partial charge in [0.05, 0.1) is 35.6 Å². The highest BCUT2D eigenvalue weighted by Gasteiger charge is 2.20. The molecule has 0 bridgehead atoms. The zero-order chi connectivity index (χ0) is 26.9. The van der Waals surface area contributed by atoms with Crippen LogP contribution in [-0.4, -0.2) is 46.2 Å². The predicted molar refractivity (Wildman–Crippen MR) is 144 cm³/mol. The zero-order valence-corrected chi connectivity index (χ0v) is 21.7. The summed E-state index contributed by atoms with van der Waals surface area (Å²) in [4.78, 5) is 0. The van der Waals surface area contributed by atoms with E-state index in [2.05, 4.69) is 10.4 Å². The predicted octanol–water partition coefficient (Wildman–Crippen LogP) is 4.15. The first-order chi connectivity index (χ1) is 18.2. The van der Waals surface area contributed by atoms with E-state index in [4.69, 9.17) is 16.1 Å². The second-order valence-electron chi connectivity index (χ2n) is 9.72. The topological polar surface area (TPSA) is 132 Å². The van der Waals surface area contributed by atoms with Crippen LogP contribution in [0.25, 0.3) is 28.1 Å². The SMILES string of the molecule is CS(=O)(=O)n1cc(-c2ccc(-n3nc(NCC4CCC[C@H](N)C4)cc3-c3ccc(C#N)c(F)c3)cc2)cn1. The fraction of sp³-hybridized carbons (Fsp3) is 0.296. The van der Waals surface area contributed by atoms with E-state index >= 15 is 0 Å². The largest absolute Gasteiger partial charge is 0.368 e. The van der Waals surface area contributed by atoms with E-state index < -0.39 is 15.8 Å². The Morgan fingerprint density at radius 2 is 1.89 bits per heavy atom. The third-order valence-corrected chi connectivity index (χ3v) is 7.71. The van der Waals surface area contributed by atoms with Gasteiger partial charge in [0.2, 0.25) is 0 Å². The lowest BCUT2D eigenvalue weighted by Crippen LogP contribution is -2.31. The van der Waals surface area contributed by atoms with Gasteiger partial charge in [-0.1, -0.05) is 24.6 Å². The molecule has 2 aromatic heterocycles. The van der Waals surface area contributed by atoms with Crippen LogP contribution in [0.15, 0.2) is 60.9 Å². The molecule has 1 aliphatic rings. The Labute approximate surface area is 220 Å². The van der Waals surface area contributed by atoms with Crippen molar-refractivity contribution in [3.8, 4) is 34.1 Å². The summed E-state index contributed by atoms with van der Waals surface area (Å²) in [5.41, 5.74) is 9.55. The van der Waals surface area contributed by atoms with Crippen LogP contribution in [0.1, 0.15) is 31.2 Å². The average Bonchev–Trinajstić information content (AvgIpc) is 3.56. The van der Waals surface area contributed by atoms with Gasteiger partial charge in [0.1, 0.15) is 17.7 Å². The average molecular weight is 534 g/mol. The van der Waals surface area contributed by atoms with Gasteiger partial charge in [0.25, 0.3) is 10.0 Å². The molecule has 196 valence electrons. The van der Waals surface area contributed by atoms with Crippen molar-refractivity contribution in [2.75, 3.05) is 18.1 Å². The Balaban J connectivity index is 1.47. The molecule has 5 rings (SSSR count). The van der Waals surface area contributed by atoms with Crippen LogP contribution < -0.4 is 11.1 Å². The molecule has 11 heteroatoms. The van der Waals surface area contributed by atoms with E-state index in [1.807, 2.05) is 36.4 Å². The van der Waals surface area contributed by atoms with Crippen LogP contribution in [0.2, 0.25) is 0 Å². The fourth-order valence-electron chi connectivity index (χ4n) is 4.83. The lowest BCUT2D eigenvalue weighted by atomic mass is 9.86. The number of nitrogens with two attached hydrogens (primary N) is 1. The number of hydrogen-bond acceptors (Lipinski definition) is 7. The van der Waals surface area contributed by atoms with Crippen molar-refractivity contribution in [1.29, 1.82) is 5.26 Å². The Hall–Kier alpha value is -4.01. The summed E-state index contributed by atoms with van der Waals surface area (Å²) in [6, 6.07) is 15.9. The smallest absolute Gasteiger partial charge is 0.250 e. The van der Waals surface area contributed by atoms with Crippen molar-refractivity contribution in [2.45, 2.75) is 31.7 Å². The van der Waals surface area contributed by atoms with Gasteiger partial charge >= 0.3 is 0 Å². The molecular weight excluding hydrogens is 505 g/mol. The van der Waals surface area contributed by atoms with Crippen molar-refractivity contribution in [2.24, 2.45) is 11.7 Å². The molecule has 4 aromatic rings. The monoisotopic (exact) mass is 533 g/mol. The van der Waals surface area contributed by atoms with Crippen molar-refractivity contribution in [3.05, 3.63) is 72.3 Å². The van der Waals surface area contributed by atoms with Crippen LogP contribution >= 0.6 is 0 Å². The van der Waals surface area contributed by atoms with E-state index in [9.17, 15) is 12.8 Å². The summed E-state index contributed by atoms with van der Waals surface area (Å²) in [6.45, 7) is 0.745. The second-order valence-corrected chi connectivity index (χ2v) is 11.6. The summed E-state index contributed by atoms with van der Waals surface area (Å²) in [7, 11) is -3.47. The number of anilines is 1. The molecular formula is C27H28FN7O2S. The summed E-state index contributed by atoms with van der Waals surface area (Å²) in [6.07, 6.45) is 8.31. The van der Waals surface area contributed by atoms with Gasteiger partial charge in [0, 0.05) is 29.8 Å². The summed E-state index contributed by atoms with van der Waals surface area (Å²) in [5, 5.41) is 21.2. The molecule has 1 aliphatic carbocycles. The van der Waals surface area contributed by atoms with Crippen LogP contribution in [0, 0.1) is 23.1 Å². The quantitative estimate of drug-likeness (QED) is 0.365. The van der Waals surface area contributed by atoms with Crippen LogP contribution in [0.4, 0.5) is 10.2 Å². The molecule has 9 nitrogen and oxygen atoms in total. The number of benzene rings is 2. The first-order valence-electron chi connectivity index (χ1n) is 12.4. The highest BCUT2D eigenvalue weighted by molar-refractivity contribution is 7.89. The number of aromatic nitrogens is 4. The third-order valence-electron chi connectivity index (χ3n) is 6.84. The first kappa shape index (κ1) is 25.6. The van der Waals surface area contributed by atoms with E-state index in [0.29, 0.717) is 28.6 Å². The van der Waals surface area contributed by atoms with Crippen molar-refractivity contribution < 1.29 is 12.8 Å². The molecule has 3 N–H and O–H groups in total. The van der Waals surface area contributed by atoms with E-state index in [-0.39, 0.29) is 11.6 Å². The highest BCUT2D eigenvalue weighted by atomic mass is 32.2. The van der Waals surface area contributed by atoms with Gasteiger partial charge in [-0.3, -0.25) is 0 Å². The van der Waals surface area contributed by atoms with E-state index in [0.717, 1.165) is 53.8 Å².